The van der Waals surface area contributed by atoms with E-state index in [1.807, 2.05) is 0 Å². The number of nitrogens with two attached hydrogens (primary N) is 1. The third kappa shape index (κ3) is 2.85. The summed E-state index contributed by atoms with van der Waals surface area (Å²) in [5.41, 5.74) is 5.55. The highest BCUT2D eigenvalue weighted by atomic mass is 79.9. The van der Waals surface area contributed by atoms with Crippen molar-refractivity contribution in [1.29, 1.82) is 0 Å². The van der Waals surface area contributed by atoms with Crippen molar-refractivity contribution in [3.8, 4) is 0 Å². The molecule has 0 aromatic heterocycles. The van der Waals surface area contributed by atoms with Crippen molar-refractivity contribution in [2.45, 2.75) is 12.7 Å². The number of nitrogen functional groups attached to an aromatic ring is 1. The Bertz CT molecular complexity index is 340. The maximum absolute atomic E-state index is 12.4. The van der Waals surface area contributed by atoms with E-state index in [1.165, 1.54) is 0 Å². The predicted molar refractivity (Wildman–Crippen MR) is 56.3 cm³/mol. The van der Waals surface area contributed by atoms with Gasteiger partial charge in [-0.25, -0.2) is 0 Å². The second kappa shape index (κ2) is 4.40. The lowest BCUT2D eigenvalue weighted by molar-refractivity contribution is -0.137. The Morgan fingerprint density at radius 1 is 1.40 bits per heavy atom. The molecular formula is C9H10BrF3N2. The molecule has 0 aliphatic rings. The third-order valence-electron chi connectivity index (χ3n) is 1.91. The van der Waals surface area contributed by atoms with Crippen molar-refractivity contribution < 1.29 is 13.2 Å². The number of rotatable bonds is 2. The van der Waals surface area contributed by atoms with E-state index in [9.17, 15) is 13.2 Å². The summed E-state index contributed by atoms with van der Waals surface area (Å²) in [5.74, 6) is 0. The Labute approximate surface area is 93.8 Å². The first-order valence-corrected chi connectivity index (χ1v) is 4.95. The number of alkyl halides is 3. The molecule has 0 aliphatic heterocycles. The van der Waals surface area contributed by atoms with Gasteiger partial charge in [-0.05, 0) is 19.2 Å². The molecule has 0 saturated carbocycles. The molecule has 1 aromatic carbocycles. The highest BCUT2D eigenvalue weighted by molar-refractivity contribution is 9.10. The molecular weight excluding hydrogens is 273 g/mol. The summed E-state index contributed by atoms with van der Waals surface area (Å²) in [5, 5.41) is 2.83. The highest BCUT2D eigenvalue weighted by Crippen LogP contribution is 2.34. The van der Waals surface area contributed by atoms with Gasteiger partial charge in [0.2, 0.25) is 0 Å². The summed E-state index contributed by atoms with van der Waals surface area (Å²) in [4.78, 5) is 0. The van der Waals surface area contributed by atoms with Gasteiger partial charge in [0, 0.05) is 22.3 Å². The number of hydrogen-bond acceptors (Lipinski definition) is 2. The maximum Gasteiger partial charge on any atom is 0.416 e. The monoisotopic (exact) mass is 282 g/mol. The van der Waals surface area contributed by atoms with Gasteiger partial charge in [0.05, 0.1) is 5.56 Å². The van der Waals surface area contributed by atoms with Crippen LogP contribution in [0.5, 0.6) is 0 Å². The Morgan fingerprint density at radius 2 is 2.00 bits per heavy atom. The van der Waals surface area contributed by atoms with E-state index in [-0.39, 0.29) is 5.69 Å². The zero-order valence-electron chi connectivity index (χ0n) is 7.95. The van der Waals surface area contributed by atoms with Crippen LogP contribution >= 0.6 is 15.9 Å². The Morgan fingerprint density at radius 3 is 2.40 bits per heavy atom. The number of halogens is 4. The SMILES string of the molecule is CNCc1c(N)cc(C(F)(F)F)cc1Br. The van der Waals surface area contributed by atoms with Gasteiger partial charge in [-0.2, -0.15) is 13.2 Å². The van der Waals surface area contributed by atoms with Crippen molar-refractivity contribution in [3.63, 3.8) is 0 Å². The van der Waals surface area contributed by atoms with Crippen LogP contribution in [0, 0.1) is 0 Å². The van der Waals surface area contributed by atoms with Gasteiger partial charge in [0.15, 0.2) is 0 Å². The number of benzene rings is 1. The van der Waals surface area contributed by atoms with Crippen LogP contribution in [-0.2, 0) is 12.7 Å². The Balaban J connectivity index is 3.19. The van der Waals surface area contributed by atoms with E-state index in [4.69, 9.17) is 5.73 Å². The summed E-state index contributed by atoms with van der Waals surface area (Å²) >= 11 is 3.07. The minimum atomic E-state index is -4.37. The quantitative estimate of drug-likeness (QED) is 0.819. The summed E-state index contributed by atoms with van der Waals surface area (Å²) in [7, 11) is 1.70. The van der Waals surface area contributed by atoms with Crippen molar-refractivity contribution in [2.24, 2.45) is 0 Å². The molecule has 15 heavy (non-hydrogen) atoms. The lowest BCUT2D eigenvalue weighted by Gasteiger charge is -2.12. The van der Waals surface area contributed by atoms with Crippen molar-refractivity contribution in [2.75, 3.05) is 12.8 Å². The van der Waals surface area contributed by atoms with E-state index in [2.05, 4.69) is 21.2 Å². The Hall–Kier alpha value is -0.750. The normalized spacial score (nSPS) is 11.8. The van der Waals surface area contributed by atoms with E-state index in [0.717, 1.165) is 12.1 Å². The lowest BCUT2D eigenvalue weighted by atomic mass is 10.1. The van der Waals surface area contributed by atoms with Gasteiger partial charge in [-0.3, -0.25) is 0 Å². The third-order valence-corrected chi connectivity index (χ3v) is 2.62. The molecule has 2 nitrogen and oxygen atoms in total. The standard InChI is InChI=1S/C9H10BrF3N2/c1-15-4-6-7(10)2-5(3-8(6)14)9(11,12)13/h2-3,15H,4,14H2,1H3. The van der Waals surface area contributed by atoms with Gasteiger partial charge in [0.1, 0.15) is 0 Å². The molecule has 0 saturated heterocycles. The molecule has 0 radical (unpaired) electrons. The zero-order valence-corrected chi connectivity index (χ0v) is 9.54. The molecule has 0 aliphatic carbocycles. The molecule has 0 heterocycles. The van der Waals surface area contributed by atoms with E-state index in [0.29, 0.717) is 16.6 Å². The average Bonchev–Trinajstić information content (AvgIpc) is 2.09. The maximum atomic E-state index is 12.4. The van der Waals surface area contributed by atoms with Crippen LogP contribution in [0.25, 0.3) is 0 Å². The van der Waals surface area contributed by atoms with E-state index >= 15 is 0 Å². The van der Waals surface area contributed by atoms with Gasteiger partial charge in [-0.1, -0.05) is 15.9 Å². The van der Waals surface area contributed by atoms with Crippen molar-refractivity contribution in [3.05, 3.63) is 27.7 Å². The summed E-state index contributed by atoms with van der Waals surface area (Å²) in [6, 6.07) is 1.97. The van der Waals surface area contributed by atoms with Gasteiger partial charge in [0.25, 0.3) is 0 Å². The number of anilines is 1. The van der Waals surface area contributed by atoms with Gasteiger partial charge >= 0.3 is 6.18 Å². The first-order chi connectivity index (χ1) is 6.86. The van der Waals surface area contributed by atoms with Crippen LogP contribution in [0.4, 0.5) is 18.9 Å². The lowest BCUT2D eigenvalue weighted by Crippen LogP contribution is -2.11. The first-order valence-electron chi connectivity index (χ1n) is 4.16. The fourth-order valence-corrected chi connectivity index (χ4v) is 1.80. The fourth-order valence-electron chi connectivity index (χ4n) is 1.18. The second-order valence-corrected chi connectivity index (χ2v) is 3.91. The molecule has 1 aromatic rings. The molecule has 0 amide bonds. The Kier molecular flexibility index (Phi) is 3.62. The average molecular weight is 283 g/mol. The van der Waals surface area contributed by atoms with Gasteiger partial charge < -0.3 is 11.1 Å². The summed E-state index contributed by atoms with van der Waals surface area (Å²) in [6.45, 7) is 0.421. The van der Waals surface area contributed by atoms with Crippen LogP contribution in [-0.4, -0.2) is 7.05 Å². The molecule has 0 fully saturated rings. The van der Waals surface area contributed by atoms with E-state index in [1.54, 1.807) is 7.05 Å². The van der Waals surface area contributed by atoms with Crippen molar-refractivity contribution >= 4 is 21.6 Å². The molecule has 3 N–H and O–H groups in total. The van der Waals surface area contributed by atoms with Crippen molar-refractivity contribution in [1.82, 2.24) is 5.32 Å². The van der Waals surface area contributed by atoms with Crippen LogP contribution in [0.3, 0.4) is 0 Å². The summed E-state index contributed by atoms with van der Waals surface area (Å²) in [6.07, 6.45) is -4.37. The molecule has 0 spiro atoms. The predicted octanol–water partition coefficient (Wildman–Crippen LogP) is 2.77. The van der Waals surface area contributed by atoms with Crippen LogP contribution in [0.2, 0.25) is 0 Å². The topological polar surface area (TPSA) is 38.0 Å². The molecule has 0 bridgehead atoms. The minimum Gasteiger partial charge on any atom is -0.398 e. The highest BCUT2D eigenvalue weighted by Gasteiger charge is 2.31. The number of nitrogens with one attached hydrogen (secondary N) is 1. The first kappa shape index (κ1) is 12.3. The molecule has 6 heteroatoms. The van der Waals surface area contributed by atoms with Crippen LogP contribution in [0.1, 0.15) is 11.1 Å². The fraction of sp³-hybridized carbons (Fsp3) is 0.333. The molecule has 1 rings (SSSR count). The molecule has 0 atom stereocenters. The smallest absolute Gasteiger partial charge is 0.398 e. The minimum absolute atomic E-state index is 0.131. The summed E-state index contributed by atoms with van der Waals surface area (Å²) < 4.78 is 37.5. The van der Waals surface area contributed by atoms with Crippen LogP contribution in [0.15, 0.2) is 16.6 Å². The number of hydrogen-bond donors (Lipinski definition) is 2. The second-order valence-electron chi connectivity index (χ2n) is 3.05. The molecule has 0 unspecified atom stereocenters. The van der Waals surface area contributed by atoms with E-state index < -0.39 is 11.7 Å². The zero-order chi connectivity index (χ0) is 11.6. The largest absolute Gasteiger partial charge is 0.416 e. The van der Waals surface area contributed by atoms with Gasteiger partial charge in [-0.15, -0.1) is 0 Å². The molecule has 84 valence electrons. The van der Waals surface area contributed by atoms with Crippen LogP contribution < -0.4 is 11.1 Å².